The molecule has 0 unspecified atom stereocenters. The average Bonchev–Trinajstić information content (AvgIpc) is 3.08. The molecule has 0 saturated heterocycles. The zero-order chi connectivity index (χ0) is 22.6. The van der Waals surface area contributed by atoms with Crippen LogP contribution in [0.4, 0.5) is 10.1 Å². The van der Waals surface area contributed by atoms with Gasteiger partial charge in [-0.25, -0.2) is 22.9 Å². The van der Waals surface area contributed by atoms with Crippen molar-refractivity contribution in [3.8, 4) is 0 Å². The van der Waals surface area contributed by atoms with Crippen molar-refractivity contribution in [3.05, 3.63) is 48.3 Å². The van der Waals surface area contributed by atoms with Gasteiger partial charge in [0.1, 0.15) is 5.82 Å². The lowest BCUT2D eigenvalue weighted by Crippen LogP contribution is -2.33. The zero-order valence-corrected chi connectivity index (χ0v) is 18.1. The fourth-order valence-corrected chi connectivity index (χ4v) is 4.22. The summed E-state index contributed by atoms with van der Waals surface area (Å²) >= 11 is 1.16. The van der Waals surface area contributed by atoms with Gasteiger partial charge in [0.15, 0.2) is 5.16 Å². The Bertz CT molecular complexity index is 1230. The summed E-state index contributed by atoms with van der Waals surface area (Å²) < 4.78 is 37.8. The number of hydrogen-bond acceptors (Lipinski definition) is 6. The second-order valence-corrected chi connectivity index (χ2v) is 8.96. The molecule has 164 valence electrons. The number of anilines is 1. The van der Waals surface area contributed by atoms with E-state index in [0.717, 1.165) is 17.3 Å². The molecule has 0 aliphatic carbocycles. The van der Waals surface area contributed by atoms with Crippen molar-refractivity contribution in [2.24, 2.45) is 5.14 Å². The van der Waals surface area contributed by atoms with Crippen molar-refractivity contribution in [1.29, 1.82) is 0 Å². The van der Waals surface area contributed by atoms with Crippen molar-refractivity contribution < 1.29 is 22.4 Å². The lowest BCUT2D eigenvalue weighted by Gasteiger charge is -2.08. The van der Waals surface area contributed by atoms with E-state index in [-0.39, 0.29) is 23.1 Å². The van der Waals surface area contributed by atoms with Crippen LogP contribution in [0.2, 0.25) is 0 Å². The van der Waals surface area contributed by atoms with Gasteiger partial charge in [0.2, 0.25) is 21.8 Å². The predicted octanol–water partition coefficient (Wildman–Crippen LogP) is 1.69. The number of sulfonamides is 1. The number of nitrogens with zero attached hydrogens (tertiary/aromatic N) is 2. The summed E-state index contributed by atoms with van der Waals surface area (Å²) in [6.07, 6.45) is 0. The molecule has 2 amide bonds. The Morgan fingerprint density at radius 2 is 1.87 bits per heavy atom. The molecular formula is C19H20FN5O4S2. The van der Waals surface area contributed by atoms with Crippen LogP contribution < -0.4 is 15.8 Å². The third-order valence-electron chi connectivity index (χ3n) is 4.24. The number of nitrogens with one attached hydrogen (secondary N) is 2. The monoisotopic (exact) mass is 465 g/mol. The van der Waals surface area contributed by atoms with Crippen LogP contribution in [0.25, 0.3) is 11.0 Å². The highest BCUT2D eigenvalue weighted by atomic mass is 32.2. The smallest absolute Gasteiger partial charge is 0.243 e. The van der Waals surface area contributed by atoms with Crippen molar-refractivity contribution in [3.63, 3.8) is 0 Å². The minimum Gasteiger partial charge on any atom is -0.346 e. The Balaban J connectivity index is 1.59. The third-order valence-corrected chi connectivity index (χ3v) is 6.12. The highest BCUT2D eigenvalue weighted by molar-refractivity contribution is 7.99. The predicted molar refractivity (Wildman–Crippen MR) is 116 cm³/mol. The number of hydrogen-bond donors (Lipinski definition) is 3. The molecule has 0 atom stereocenters. The van der Waals surface area contributed by atoms with Gasteiger partial charge in [0.25, 0.3) is 0 Å². The van der Waals surface area contributed by atoms with E-state index in [9.17, 15) is 22.4 Å². The number of imidazole rings is 1. The Labute approximate surface area is 182 Å². The van der Waals surface area contributed by atoms with Gasteiger partial charge in [-0.15, -0.1) is 0 Å². The number of nitrogens with two attached hydrogens (primary N) is 1. The highest BCUT2D eigenvalue weighted by Gasteiger charge is 2.16. The van der Waals surface area contributed by atoms with Crippen LogP contribution in [0.3, 0.4) is 0 Å². The number of fused-ring (bicyclic) bond motifs is 1. The maximum absolute atomic E-state index is 12.9. The molecule has 4 N–H and O–H groups in total. The third kappa shape index (κ3) is 5.81. The molecule has 0 aliphatic rings. The van der Waals surface area contributed by atoms with Crippen molar-refractivity contribution in [2.45, 2.75) is 23.5 Å². The summed E-state index contributed by atoms with van der Waals surface area (Å²) in [5.41, 5.74) is 1.59. The summed E-state index contributed by atoms with van der Waals surface area (Å²) in [7, 11) is -3.85. The number of carbonyl (C=O) groups is 2. The van der Waals surface area contributed by atoms with E-state index < -0.39 is 21.7 Å². The molecule has 0 fully saturated rings. The van der Waals surface area contributed by atoms with Crippen molar-refractivity contribution in [2.75, 3.05) is 17.6 Å². The lowest BCUT2D eigenvalue weighted by molar-refractivity contribution is -0.122. The highest BCUT2D eigenvalue weighted by Crippen LogP contribution is 2.25. The number of aromatic nitrogens is 2. The number of carbonyl (C=O) groups excluding carboxylic acids is 2. The maximum atomic E-state index is 12.9. The molecule has 0 bridgehead atoms. The van der Waals surface area contributed by atoms with Crippen LogP contribution in [0.5, 0.6) is 0 Å². The van der Waals surface area contributed by atoms with Gasteiger partial charge in [0, 0.05) is 12.2 Å². The molecule has 0 aliphatic heterocycles. The molecule has 1 aromatic heterocycles. The van der Waals surface area contributed by atoms with Crippen molar-refractivity contribution in [1.82, 2.24) is 14.9 Å². The zero-order valence-electron chi connectivity index (χ0n) is 16.5. The van der Waals surface area contributed by atoms with Crippen LogP contribution in [0.15, 0.2) is 52.5 Å². The largest absolute Gasteiger partial charge is 0.346 e. The van der Waals surface area contributed by atoms with E-state index in [1.165, 1.54) is 36.4 Å². The number of amides is 2. The molecular weight excluding hydrogens is 445 g/mol. The minimum absolute atomic E-state index is 0.00912. The van der Waals surface area contributed by atoms with Crippen LogP contribution in [-0.4, -0.2) is 42.1 Å². The van der Waals surface area contributed by atoms with E-state index in [1.807, 2.05) is 11.5 Å². The first-order valence-electron chi connectivity index (χ1n) is 9.15. The number of primary sulfonamides is 1. The number of benzene rings is 2. The quantitative estimate of drug-likeness (QED) is 0.433. The molecule has 0 radical (unpaired) electrons. The molecule has 0 spiro atoms. The molecule has 3 rings (SSSR count). The maximum Gasteiger partial charge on any atom is 0.243 e. The van der Waals surface area contributed by atoms with Crippen LogP contribution >= 0.6 is 11.8 Å². The number of aryl methyl sites for hydroxylation is 1. The van der Waals surface area contributed by atoms with E-state index in [1.54, 1.807) is 6.07 Å². The fraction of sp³-hybridized carbons (Fsp3) is 0.211. The average molecular weight is 466 g/mol. The fourth-order valence-electron chi connectivity index (χ4n) is 2.78. The molecule has 1 heterocycles. The second-order valence-electron chi connectivity index (χ2n) is 6.45. The van der Waals surface area contributed by atoms with Crippen LogP contribution in [0.1, 0.15) is 6.92 Å². The molecule has 2 aromatic carbocycles. The summed E-state index contributed by atoms with van der Waals surface area (Å²) in [5, 5.41) is 10.8. The normalized spacial score (nSPS) is 11.5. The SMILES string of the molecule is CCn1c(SCC(=O)NCC(=O)Nc2ccc(F)cc2)nc2cc(S(N)(=O)=O)ccc21. The molecule has 0 saturated carbocycles. The Kier molecular flexibility index (Phi) is 6.93. The Morgan fingerprint density at radius 3 is 2.52 bits per heavy atom. The van der Waals surface area contributed by atoms with E-state index in [2.05, 4.69) is 15.6 Å². The molecule has 12 heteroatoms. The number of rotatable bonds is 8. The number of halogens is 1. The first-order valence-corrected chi connectivity index (χ1v) is 11.7. The first-order chi connectivity index (χ1) is 14.7. The van der Waals surface area contributed by atoms with E-state index in [0.29, 0.717) is 22.9 Å². The summed E-state index contributed by atoms with van der Waals surface area (Å²) in [6.45, 7) is 2.23. The van der Waals surface area contributed by atoms with Gasteiger partial charge >= 0.3 is 0 Å². The van der Waals surface area contributed by atoms with Gasteiger partial charge in [-0.3, -0.25) is 9.59 Å². The lowest BCUT2D eigenvalue weighted by atomic mass is 10.3. The van der Waals surface area contributed by atoms with Gasteiger partial charge in [0.05, 0.1) is 28.2 Å². The summed E-state index contributed by atoms with van der Waals surface area (Å²) in [6, 6.07) is 9.69. The van der Waals surface area contributed by atoms with Crippen LogP contribution in [0, 0.1) is 5.82 Å². The van der Waals surface area contributed by atoms with Crippen molar-refractivity contribution >= 4 is 50.3 Å². The topological polar surface area (TPSA) is 136 Å². The molecule has 31 heavy (non-hydrogen) atoms. The van der Waals surface area contributed by atoms with E-state index in [4.69, 9.17) is 5.14 Å². The van der Waals surface area contributed by atoms with Gasteiger partial charge in [-0.2, -0.15) is 0 Å². The Morgan fingerprint density at radius 1 is 1.16 bits per heavy atom. The number of thioether (sulfide) groups is 1. The van der Waals surface area contributed by atoms with Gasteiger partial charge < -0.3 is 15.2 Å². The molecule has 9 nitrogen and oxygen atoms in total. The minimum atomic E-state index is -3.85. The Hall–Kier alpha value is -2.96. The molecule has 3 aromatic rings. The van der Waals surface area contributed by atoms with Gasteiger partial charge in [-0.1, -0.05) is 11.8 Å². The standard InChI is InChI=1S/C19H20FN5O4S2/c1-2-25-16-8-7-14(31(21,28)29)9-15(16)24-19(25)30-11-18(27)22-10-17(26)23-13-5-3-12(20)4-6-13/h3-9H,2,10-11H2,1H3,(H,22,27)(H,23,26)(H2,21,28,29). The first kappa shape index (κ1) is 22.7. The van der Waals surface area contributed by atoms with Gasteiger partial charge in [-0.05, 0) is 49.4 Å². The second kappa shape index (κ2) is 9.45. The summed E-state index contributed by atoms with van der Waals surface area (Å²) in [4.78, 5) is 28.4. The van der Waals surface area contributed by atoms with Crippen LogP contribution in [-0.2, 0) is 26.2 Å². The van der Waals surface area contributed by atoms with E-state index >= 15 is 0 Å². The summed E-state index contributed by atoms with van der Waals surface area (Å²) in [5.74, 6) is -1.22.